The van der Waals surface area contributed by atoms with Gasteiger partial charge in [-0.15, -0.1) is 0 Å². The van der Waals surface area contributed by atoms with Crippen molar-refractivity contribution in [1.29, 1.82) is 0 Å². The summed E-state index contributed by atoms with van der Waals surface area (Å²) in [5.41, 5.74) is 1.43. The molecule has 2 aromatic rings. The minimum atomic E-state index is 0.464. The molecular formula is C19H26N2. The van der Waals surface area contributed by atoms with Crippen molar-refractivity contribution in [1.82, 2.24) is 10.3 Å². The van der Waals surface area contributed by atoms with E-state index in [4.69, 9.17) is 0 Å². The summed E-state index contributed by atoms with van der Waals surface area (Å²) in [6.45, 7) is 5.63. The Labute approximate surface area is 128 Å². The second-order valence-corrected chi connectivity index (χ2v) is 6.51. The SMILES string of the molecule is CCNC(c1cccc2ccncc12)C1CCCC(C)C1. The lowest BCUT2D eigenvalue weighted by molar-refractivity contribution is 0.226. The van der Waals surface area contributed by atoms with Crippen LogP contribution in [-0.4, -0.2) is 11.5 Å². The van der Waals surface area contributed by atoms with E-state index in [9.17, 15) is 0 Å². The van der Waals surface area contributed by atoms with Crippen molar-refractivity contribution in [3.05, 3.63) is 42.2 Å². The van der Waals surface area contributed by atoms with E-state index in [0.29, 0.717) is 6.04 Å². The molecule has 2 heteroatoms. The molecule has 1 saturated carbocycles. The van der Waals surface area contributed by atoms with Gasteiger partial charge in [-0.25, -0.2) is 0 Å². The van der Waals surface area contributed by atoms with E-state index in [1.54, 1.807) is 0 Å². The summed E-state index contributed by atoms with van der Waals surface area (Å²) < 4.78 is 0. The molecule has 1 aliphatic carbocycles. The molecule has 1 fully saturated rings. The Hall–Kier alpha value is -1.41. The Morgan fingerprint density at radius 3 is 3.00 bits per heavy atom. The Morgan fingerprint density at radius 2 is 2.19 bits per heavy atom. The molecule has 0 radical (unpaired) electrons. The fourth-order valence-electron chi connectivity index (χ4n) is 3.94. The minimum absolute atomic E-state index is 0.464. The van der Waals surface area contributed by atoms with Crippen LogP contribution < -0.4 is 5.32 Å². The first-order valence-electron chi connectivity index (χ1n) is 8.35. The van der Waals surface area contributed by atoms with Gasteiger partial charge in [-0.2, -0.15) is 0 Å². The van der Waals surface area contributed by atoms with Gasteiger partial charge in [0.05, 0.1) is 0 Å². The van der Waals surface area contributed by atoms with Crippen molar-refractivity contribution in [3.8, 4) is 0 Å². The van der Waals surface area contributed by atoms with E-state index >= 15 is 0 Å². The quantitative estimate of drug-likeness (QED) is 0.878. The molecule has 1 aromatic heterocycles. The third-order valence-corrected chi connectivity index (χ3v) is 4.92. The zero-order valence-electron chi connectivity index (χ0n) is 13.2. The lowest BCUT2D eigenvalue weighted by atomic mass is 9.76. The molecule has 0 aliphatic heterocycles. The maximum atomic E-state index is 4.35. The van der Waals surface area contributed by atoms with Gasteiger partial charge in [0, 0.05) is 23.8 Å². The van der Waals surface area contributed by atoms with Crippen LogP contribution >= 0.6 is 0 Å². The predicted octanol–water partition coefficient (Wildman–Crippen LogP) is 4.71. The average molecular weight is 282 g/mol. The van der Waals surface area contributed by atoms with E-state index in [2.05, 4.69) is 48.4 Å². The van der Waals surface area contributed by atoms with Gasteiger partial charge in [0.25, 0.3) is 0 Å². The topological polar surface area (TPSA) is 24.9 Å². The van der Waals surface area contributed by atoms with E-state index in [-0.39, 0.29) is 0 Å². The van der Waals surface area contributed by atoms with Crippen molar-refractivity contribution < 1.29 is 0 Å². The van der Waals surface area contributed by atoms with Crippen molar-refractivity contribution in [3.63, 3.8) is 0 Å². The third-order valence-electron chi connectivity index (χ3n) is 4.92. The van der Waals surface area contributed by atoms with Crippen LogP contribution in [0.25, 0.3) is 10.8 Å². The lowest BCUT2D eigenvalue weighted by Gasteiger charge is -2.34. The fraction of sp³-hybridized carbons (Fsp3) is 0.526. The average Bonchev–Trinajstić information content (AvgIpc) is 2.52. The second-order valence-electron chi connectivity index (χ2n) is 6.51. The molecule has 1 heterocycles. The van der Waals surface area contributed by atoms with Crippen molar-refractivity contribution in [2.24, 2.45) is 11.8 Å². The molecule has 1 aromatic carbocycles. The fourth-order valence-corrected chi connectivity index (χ4v) is 3.94. The first-order valence-corrected chi connectivity index (χ1v) is 8.35. The summed E-state index contributed by atoms with van der Waals surface area (Å²) in [6.07, 6.45) is 9.37. The normalized spacial score (nSPS) is 24.1. The van der Waals surface area contributed by atoms with E-state index in [0.717, 1.165) is 18.4 Å². The summed E-state index contributed by atoms with van der Waals surface area (Å²) in [7, 11) is 0. The maximum absolute atomic E-state index is 4.35. The van der Waals surface area contributed by atoms with Crippen LogP contribution in [0.5, 0.6) is 0 Å². The van der Waals surface area contributed by atoms with Crippen molar-refractivity contribution in [2.45, 2.75) is 45.6 Å². The molecule has 1 aliphatic rings. The first kappa shape index (κ1) is 14.5. The molecule has 0 saturated heterocycles. The number of nitrogens with zero attached hydrogens (tertiary/aromatic N) is 1. The summed E-state index contributed by atoms with van der Waals surface area (Å²) in [5, 5.41) is 6.36. The largest absolute Gasteiger partial charge is 0.310 e. The highest BCUT2D eigenvalue weighted by Gasteiger charge is 2.28. The second kappa shape index (κ2) is 6.57. The number of rotatable bonds is 4. The van der Waals surface area contributed by atoms with Crippen LogP contribution in [0.4, 0.5) is 0 Å². The zero-order valence-corrected chi connectivity index (χ0v) is 13.2. The number of aromatic nitrogens is 1. The third kappa shape index (κ3) is 3.11. The first-order chi connectivity index (χ1) is 10.3. The maximum Gasteiger partial charge on any atom is 0.0355 e. The highest BCUT2D eigenvalue weighted by Crippen LogP contribution is 2.38. The van der Waals surface area contributed by atoms with E-state index in [1.165, 1.54) is 42.0 Å². The van der Waals surface area contributed by atoms with Gasteiger partial charge >= 0.3 is 0 Å². The smallest absolute Gasteiger partial charge is 0.0355 e. The molecule has 0 spiro atoms. The van der Waals surface area contributed by atoms with Gasteiger partial charge < -0.3 is 5.32 Å². The number of benzene rings is 1. The van der Waals surface area contributed by atoms with E-state index < -0.39 is 0 Å². The number of pyridine rings is 1. The van der Waals surface area contributed by atoms with Gasteiger partial charge in [-0.3, -0.25) is 4.98 Å². The summed E-state index contributed by atoms with van der Waals surface area (Å²) in [5.74, 6) is 1.61. The Kier molecular flexibility index (Phi) is 4.54. The predicted molar refractivity (Wildman–Crippen MR) is 89.3 cm³/mol. The Bertz CT molecular complexity index is 588. The van der Waals surface area contributed by atoms with Crippen LogP contribution in [0.1, 0.15) is 51.1 Å². The van der Waals surface area contributed by atoms with Crippen LogP contribution in [0.2, 0.25) is 0 Å². The molecule has 0 bridgehead atoms. The molecule has 21 heavy (non-hydrogen) atoms. The van der Waals surface area contributed by atoms with Crippen molar-refractivity contribution in [2.75, 3.05) is 6.54 Å². The molecular weight excluding hydrogens is 256 g/mol. The zero-order chi connectivity index (χ0) is 14.7. The van der Waals surface area contributed by atoms with Crippen LogP contribution in [-0.2, 0) is 0 Å². The van der Waals surface area contributed by atoms with Crippen LogP contribution in [0, 0.1) is 11.8 Å². The van der Waals surface area contributed by atoms with Gasteiger partial charge in [0.1, 0.15) is 0 Å². The van der Waals surface area contributed by atoms with Gasteiger partial charge in [0.15, 0.2) is 0 Å². The minimum Gasteiger partial charge on any atom is -0.310 e. The van der Waals surface area contributed by atoms with Gasteiger partial charge in [0.2, 0.25) is 0 Å². The summed E-state index contributed by atoms with van der Waals surface area (Å²) >= 11 is 0. The van der Waals surface area contributed by atoms with Crippen LogP contribution in [0.15, 0.2) is 36.7 Å². The van der Waals surface area contributed by atoms with Gasteiger partial charge in [-0.1, -0.05) is 44.9 Å². The molecule has 1 N–H and O–H groups in total. The highest BCUT2D eigenvalue weighted by molar-refractivity contribution is 5.85. The molecule has 3 rings (SSSR count). The molecule has 3 atom stereocenters. The Morgan fingerprint density at radius 1 is 1.29 bits per heavy atom. The number of hydrogen-bond donors (Lipinski definition) is 1. The van der Waals surface area contributed by atoms with E-state index in [1.807, 2.05) is 12.4 Å². The summed E-state index contributed by atoms with van der Waals surface area (Å²) in [6, 6.07) is 9.24. The highest BCUT2D eigenvalue weighted by atomic mass is 14.9. The molecule has 3 unspecified atom stereocenters. The molecule has 2 nitrogen and oxygen atoms in total. The standard InChI is InChI=1S/C19H26N2/c1-3-21-19(16-8-4-6-14(2)12-16)17-9-5-7-15-10-11-20-13-18(15)17/h5,7,9-11,13-14,16,19,21H,3-4,6,8,12H2,1-2H3. The number of hydrogen-bond acceptors (Lipinski definition) is 2. The Balaban J connectivity index is 1.98. The molecule has 112 valence electrons. The lowest BCUT2D eigenvalue weighted by Crippen LogP contribution is -2.31. The van der Waals surface area contributed by atoms with Gasteiger partial charge in [-0.05, 0) is 48.2 Å². The monoisotopic (exact) mass is 282 g/mol. The summed E-state index contributed by atoms with van der Waals surface area (Å²) in [4.78, 5) is 4.35. The van der Waals surface area contributed by atoms with Crippen LogP contribution in [0.3, 0.4) is 0 Å². The molecule has 0 amide bonds. The number of fused-ring (bicyclic) bond motifs is 1. The van der Waals surface area contributed by atoms with Crippen molar-refractivity contribution >= 4 is 10.8 Å². The number of nitrogens with one attached hydrogen (secondary N) is 1.